The normalized spacial score (nSPS) is 12.6. The third kappa shape index (κ3) is 6.50. The largest absolute Gasteiger partial charge is 0.493 e. The molecule has 206 valence electrons. The van der Waals surface area contributed by atoms with Gasteiger partial charge in [-0.15, -0.1) is 0 Å². The van der Waals surface area contributed by atoms with Gasteiger partial charge in [-0.3, -0.25) is 0 Å². The Hall–Kier alpha value is -4.08. The van der Waals surface area contributed by atoms with Crippen molar-refractivity contribution in [3.8, 4) is 45.8 Å². The van der Waals surface area contributed by atoms with Gasteiger partial charge in [-0.05, 0) is 93.9 Å². The molecule has 0 bridgehead atoms. The number of ether oxygens (including phenoxy) is 4. The molecule has 0 spiro atoms. The maximum Gasteiger partial charge on any atom is 0.258 e. The van der Waals surface area contributed by atoms with Gasteiger partial charge in [0.1, 0.15) is 28.8 Å². The summed E-state index contributed by atoms with van der Waals surface area (Å²) in [5, 5.41) is 24.5. The van der Waals surface area contributed by atoms with E-state index in [1.807, 2.05) is 52.0 Å². The van der Waals surface area contributed by atoms with Crippen molar-refractivity contribution in [1.82, 2.24) is 10.1 Å². The fourth-order valence-electron chi connectivity index (χ4n) is 3.93. The molecule has 9 heteroatoms. The zero-order valence-corrected chi connectivity index (χ0v) is 23.0. The van der Waals surface area contributed by atoms with Gasteiger partial charge in [0, 0.05) is 11.1 Å². The highest BCUT2D eigenvalue weighted by Gasteiger charge is 2.32. The Kier molecular flexibility index (Phi) is 8.13. The lowest BCUT2D eigenvalue weighted by atomic mass is 9.94. The highest BCUT2D eigenvalue weighted by Crippen LogP contribution is 2.36. The van der Waals surface area contributed by atoms with E-state index >= 15 is 0 Å². The third-order valence-electron chi connectivity index (χ3n) is 6.18. The second kappa shape index (κ2) is 11.3. The predicted molar refractivity (Wildman–Crippen MR) is 146 cm³/mol. The topological polar surface area (TPSA) is 116 Å². The molecule has 0 fully saturated rings. The molecule has 4 rings (SSSR count). The summed E-state index contributed by atoms with van der Waals surface area (Å²) in [7, 11) is 3.12. The van der Waals surface area contributed by atoms with Crippen LogP contribution in [-0.2, 0) is 0 Å². The quantitative estimate of drug-likeness (QED) is 0.259. The summed E-state index contributed by atoms with van der Waals surface area (Å²) < 4.78 is 28.0. The van der Waals surface area contributed by atoms with Gasteiger partial charge in [-0.1, -0.05) is 11.2 Å². The Morgan fingerprint density at radius 1 is 0.795 bits per heavy atom. The van der Waals surface area contributed by atoms with Gasteiger partial charge >= 0.3 is 0 Å². The molecule has 39 heavy (non-hydrogen) atoms. The van der Waals surface area contributed by atoms with Crippen LogP contribution in [-0.4, -0.2) is 52.4 Å². The SMILES string of the molecule is COc1ccc(C(O)C(C)(C)Oc2ccc(-c3nc(-c4ccc(OC(C)(C)CO)cc4)no3)cc2)cc1OC. The van der Waals surface area contributed by atoms with Crippen molar-refractivity contribution in [1.29, 1.82) is 0 Å². The second-order valence-corrected chi connectivity index (χ2v) is 10.2. The van der Waals surface area contributed by atoms with Crippen molar-refractivity contribution in [3.05, 3.63) is 72.3 Å². The maximum absolute atomic E-state index is 11.0. The summed E-state index contributed by atoms with van der Waals surface area (Å²) in [6.45, 7) is 7.15. The van der Waals surface area contributed by atoms with E-state index in [1.165, 1.54) is 0 Å². The minimum Gasteiger partial charge on any atom is -0.493 e. The van der Waals surface area contributed by atoms with E-state index in [2.05, 4.69) is 10.1 Å². The van der Waals surface area contributed by atoms with Crippen LogP contribution in [0.15, 0.2) is 71.3 Å². The minimum atomic E-state index is -0.943. The number of nitrogens with zero attached hydrogens (tertiary/aromatic N) is 2. The Bertz CT molecular complexity index is 1380. The highest BCUT2D eigenvalue weighted by atomic mass is 16.5. The van der Waals surface area contributed by atoms with Crippen molar-refractivity contribution in [2.45, 2.75) is 45.0 Å². The first-order valence-electron chi connectivity index (χ1n) is 12.5. The first kappa shape index (κ1) is 27.9. The Labute approximate surface area is 227 Å². The van der Waals surface area contributed by atoms with Crippen LogP contribution in [0.3, 0.4) is 0 Å². The standard InChI is InChI=1S/C30H34N2O7/c1-29(2,18-33)37-22-12-7-19(8-13-22)27-31-28(39-32-27)20-9-14-23(15-10-20)38-30(3,4)26(34)21-11-16-24(35-5)25(17-21)36-6/h7-17,26,33-34H,18H2,1-6H3. The molecule has 0 radical (unpaired) electrons. The first-order chi connectivity index (χ1) is 18.5. The van der Waals surface area contributed by atoms with E-state index in [9.17, 15) is 10.2 Å². The van der Waals surface area contributed by atoms with Crippen LogP contribution >= 0.6 is 0 Å². The van der Waals surface area contributed by atoms with Crippen LogP contribution < -0.4 is 18.9 Å². The fraction of sp³-hybridized carbons (Fsp3) is 0.333. The van der Waals surface area contributed by atoms with Crippen LogP contribution in [0.4, 0.5) is 0 Å². The third-order valence-corrected chi connectivity index (χ3v) is 6.18. The molecule has 0 amide bonds. The average Bonchev–Trinajstić information content (AvgIpc) is 3.43. The van der Waals surface area contributed by atoms with Gasteiger partial charge in [-0.25, -0.2) is 0 Å². The van der Waals surface area contributed by atoms with Crippen molar-refractivity contribution in [3.63, 3.8) is 0 Å². The van der Waals surface area contributed by atoms with Gasteiger partial charge in [0.25, 0.3) is 5.89 Å². The smallest absolute Gasteiger partial charge is 0.258 e. The zero-order chi connectivity index (χ0) is 28.2. The Morgan fingerprint density at radius 2 is 1.38 bits per heavy atom. The monoisotopic (exact) mass is 534 g/mol. The zero-order valence-electron chi connectivity index (χ0n) is 23.0. The second-order valence-electron chi connectivity index (χ2n) is 10.2. The molecule has 2 N–H and O–H groups in total. The van der Waals surface area contributed by atoms with E-state index in [-0.39, 0.29) is 6.61 Å². The molecule has 3 aromatic carbocycles. The van der Waals surface area contributed by atoms with Gasteiger partial charge in [0.2, 0.25) is 5.82 Å². The fourth-order valence-corrected chi connectivity index (χ4v) is 3.93. The molecule has 9 nitrogen and oxygen atoms in total. The minimum absolute atomic E-state index is 0.0945. The van der Waals surface area contributed by atoms with E-state index in [4.69, 9.17) is 23.5 Å². The van der Waals surface area contributed by atoms with E-state index in [1.54, 1.807) is 56.7 Å². The lowest BCUT2D eigenvalue weighted by molar-refractivity contribution is -0.0302. The number of aliphatic hydroxyl groups is 2. The number of methoxy groups -OCH3 is 2. The summed E-state index contributed by atoms with van der Waals surface area (Å²) in [4.78, 5) is 4.51. The number of hydrogen-bond acceptors (Lipinski definition) is 9. The number of rotatable bonds is 11. The first-order valence-corrected chi connectivity index (χ1v) is 12.5. The van der Waals surface area contributed by atoms with Crippen molar-refractivity contribution < 1.29 is 33.7 Å². The molecule has 1 aromatic heterocycles. The van der Waals surface area contributed by atoms with Crippen molar-refractivity contribution >= 4 is 0 Å². The van der Waals surface area contributed by atoms with Gasteiger partial charge < -0.3 is 33.7 Å². The lowest BCUT2D eigenvalue weighted by Crippen LogP contribution is -2.36. The van der Waals surface area contributed by atoms with Crippen LogP contribution in [0.2, 0.25) is 0 Å². The van der Waals surface area contributed by atoms with Crippen LogP contribution in [0.5, 0.6) is 23.0 Å². The molecule has 0 saturated heterocycles. The molecule has 0 saturated carbocycles. The predicted octanol–water partition coefficient (Wildman–Crippen LogP) is 5.46. The molecule has 1 heterocycles. The number of benzene rings is 3. The maximum atomic E-state index is 11.0. The molecule has 4 aromatic rings. The van der Waals surface area contributed by atoms with Crippen molar-refractivity contribution in [2.75, 3.05) is 20.8 Å². The number of aliphatic hydroxyl groups excluding tert-OH is 2. The highest BCUT2D eigenvalue weighted by molar-refractivity contribution is 5.61. The lowest BCUT2D eigenvalue weighted by Gasteiger charge is -2.32. The van der Waals surface area contributed by atoms with Gasteiger partial charge in [0.05, 0.1) is 20.8 Å². The summed E-state index contributed by atoms with van der Waals surface area (Å²) in [6, 6.07) is 19.8. The van der Waals surface area contributed by atoms with Gasteiger partial charge in [0.15, 0.2) is 11.5 Å². The Balaban J connectivity index is 1.44. The number of aromatic nitrogens is 2. The van der Waals surface area contributed by atoms with E-state index < -0.39 is 17.3 Å². The molecule has 1 atom stereocenters. The summed E-state index contributed by atoms with van der Waals surface area (Å²) >= 11 is 0. The molecule has 0 aliphatic carbocycles. The molecule has 1 unspecified atom stereocenters. The molecule has 0 aliphatic rings. The number of hydrogen-bond donors (Lipinski definition) is 2. The van der Waals surface area contributed by atoms with Crippen molar-refractivity contribution in [2.24, 2.45) is 0 Å². The summed E-state index contributed by atoms with van der Waals surface area (Å²) in [6.07, 6.45) is -0.929. The molecular formula is C30H34N2O7. The van der Waals surface area contributed by atoms with Gasteiger partial charge in [-0.2, -0.15) is 4.98 Å². The average molecular weight is 535 g/mol. The Morgan fingerprint density at radius 3 is 1.97 bits per heavy atom. The summed E-state index contributed by atoms with van der Waals surface area (Å²) in [5.41, 5.74) is 0.521. The van der Waals surface area contributed by atoms with Crippen LogP contribution in [0.25, 0.3) is 22.8 Å². The van der Waals surface area contributed by atoms with E-state index in [0.29, 0.717) is 40.3 Å². The van der Waals surface area contributed by atoms with E-state index in [0.717, 1.165) is 11.1 Å². The summed E-state index contributed by atoms with van der Waals surface area (Å²) in [5.74, 6) is 3.13. The molecular weight excluding hydrogens is 500 g/mol. The van der Waals surface area contributed by atoms with Crippen LogP contribution in [0, 0.1) is 0 Å². The van der Waals surface area contributed by atoms with Crippen LogP contribution in [0.1, 0.15) is 39.4 Å². The molecule has 0 aliphatic heterocycles.